The van der Waals surface area contributed by atoms with E-state index in [1.165, 1.54) is 6.92 Å². The molecule has 7 N–H and O–H groups in total. The van der Waals surface area contributed by atoms with Gasteiger partial charge in [-0.15, -0.1) is 0 Å². The van der Waals surface area contributed by atoms with Gasteiger partial charge in [0.05, 0.1) is 6.04 Å². The lowest BCUT2D eigenvalue weighted by atomic mass is 10.1. The smallest absolute Gasteiger partial charge is 0.408 e. The van der Waals surface area contributed by atoms with Crippen LogP contribution in [0.1, 0.15) is 25.3 Å². The SMILES string of the molecule is C[C@H](NC(=O)[C@H](CCCNC(N)N)NC(=O)OCc1ccccc1)C(=O)CF. The summed E-state index contributed by atoms with van der Waals surface area (Å²) in [6.07, 6.45) is -0.772. The fourth-order valence-electron chi connectivity index (χ4n) is 2.26. The van der Waals surface area contributed by atoms with Crippen LogP contribution < -0.4 is 27.4 Å². The summed E-state index contributed by atoms with van der Waals surface area (Å²) in [5.74, 6) is -1.36. The summed E-state index contributed by atoms with van der Waals surface area (Å²) in [5.41, 5.74) is 11.6. The predicted octanol–water partition coefficient (Wildman–Crippen LogP) is -0.104. The first-order valence-corrected chi connectivity index (χ1v) is 8.94. The first-order valence-electron chi connectivity index (χ1n) is 8.94. The number of nitrogens with one attached hydrogen (secondary N) is 3. The molecule has 0 fully saturated rings. The Labute approximate surface area is 163 Å². The van der Waals surface area contributed by atoms with E-state index in [9.17, 15) is 18.8 Å². The van der Waals surface area contributed by atoms with Gasteiger partial charge in [-0.05, 0) is 31.9 Å². The van der Waals surface area contributed by atoms with E-state index in [1.54, 1.807) is 12.1 Å². The minimum absolute atomic E-state index is 0.0430. The molecule has 9 nitrogen and oxygen atoms in total. The van der Waals surface area contributed by atoms with Crippen LogP contribution in [0, 0.1) is 0 Å². The molecule has 0 bridgehead atoms. The standard InChI is InChI=1S/C18H28FN5O4/c1-12(15(25)10-19)23-16(26)14(8-5-9-22-17(20)21)24-18(27)28-11-13-6-3-2-4-7-13/h2-4,6-7,12,14,17,22H,5,8-11,20-21H2,1H3,(H,23,26)(H,24,27)/t12-,14-/m0/s1. The van der Waals surface area contributed by atoms with Gasteiger partial charge in [-0.3, -0.25) is 14.9 Å². The van der Waals surface area contributed by atoms with Gasteiger partial charge in [0.15, 0.2) is 5.78 Å². The Kier molecular flexibility index (Phi) is 10.7. The molecule has 0 heterocycles. The second-order valence-electron chi connectivity index (χ2n) is 6.21. The first kappa shape index (κ1) is 23.5. The zero-order valence-corrected chi connectivity index (χ0v) is 15.8. The van der Waals surface area contributed by atoms with E-state index in [-0.39, 0.29) is 13.0 Å². The molecule has 28 heavy (non-hydrogen) atoms. The first-order chi connectivity index (χ1) is 13.3. The van der Waals surface area contributed by atoms with Crippen molar-refractivity contribution in [2.24, 2.45) is 11.5 Å². The van der Waals surface area contributed by atoms with Gasteiger partial charge in [0.2, 0.25) is 5.91 Å². The maximum atomic E-state index is 12.5. The molecule has 0 unspecified atom stereocenters. The predicted molar refractivity (Wildman–Crippen MR) is 102 cm³/mol. The molecule has 0 radical (unpaired) electrons. The molecule has 2 atom stereocenters. The van der Waals surface area contributed by atoms with Crippen LogP contribution in [0.2, 0.25) is 0 Å². The number of amides is 2. The van der Waals surface area contributed by atoms with Crippen LogP contribution in [-0.4, -0.2) is 49.4 Å². The van der Waals surface area contributed by atoms with Crippen molar-refractivity contribution in [1.29, 1.82) is 0 Å². The number of nitrogens with two attached hydrogens (primary N) is 2. The molecule has 0 aromatic heterocycles. The Bertz CT molecular complexity index is 630. The van der Waals surface area contributed by atoms with Gasteiger partial charge in [-0.2, -0.15) is 0 Å². The third kappa shape index (κ3) is 9.40. The number of Topliss-reactive ketones (excluding diaryl/α,β-unsaturated/α-hetero) is 1. The summed E-state index contributed by atoms with van der Waals surface area (Å²) in [4.78, 5) is 35.8. The van der Waals surface area contributed by atoms with Crippen LogP contribution in [0.25, 0.3) is 0 Å². The van der Waals surface area contributed by atoms with Crippen molar-refractivity contribution >= 4 is 17.8 Å². The van der Waals surface area contributed by atoms with Gasteiger partial charge in [-0.25, -0.2) is 9.18 Å². The average molecular weight is 397 g/mol. The van der Waals surface area contributed by atoms with Crippen LogP contribution in [0.3, 0.4) is 0 Å². The molecule has 10 heteroatoms. The number of alkyl halides is 1. The van der Waals surface area contributed by atoms with Crippen LogP contribution in [0.15, 0.2) is 30.3 Å². The van der Waals surface area contributed by atoms with Crippen molar-refractivity contribution < 1.29 is 23.5 Å². The highest BCUT2D eigenvalue weighted by molar-refractivity contribution is 5.92. The molecule has 0 aliphatic rings. The molecule has 0 aliphatic carbocycles. The molecule has 156 valence electrons. The summed E-state index contributed by atoms with van der Waals surface area (Å²) < 4.78 is 17.6. The number of carbonyl (C=O) groups is 3. The Morgan fingerprint density at radius 3 is 2.43 bits per heavy atom. The minimum Gasteiger partial charge on any atom is -0.445 e. The van der Waals surface area contributed by atoms with Crippen LogP contribution in [-0.2, 0) is 20.9 Å². The van der Waals surface area contributed by atoms with Crippen molar-refractivity contribution in [2.45, 2.75) is 44.7 Å². The normalized spacial score (nSPS) is 12.9. The molecule has 0 aliphatic heterocycles. The highest BCUT2D eigenvalue weighted by Crippen LogP contribution is 2.03. The number of ketones is 1. The van der Waals surface area contributed by atoms with Crippen molar-refractivity contribution in [3.63, 3.8) is 0 Å². The van der Waals surface area contributed by atoms with E-state index in [1.807, 2.05) is 18.2 Å². The fourth-order valence-corrected chi connectivity index (χ4v) is 2.26. The maximum absolute atomic E-state index is 12.5. The number of rotatable bonds is 12. The van der Waals surface area contributed by atoms with Crippen LogP contribution >= 0.6 is 0 Å². The van der Waals surface area contributed by atoms with Gasteiger partial charge in [-0.1, -0.05) is 30.3 Å². The average Bonchev–Trinajstić information content (AvgIpc) is 2.68. The van der Waals surface area contributed by atoms with Gasteiger partial charge < -0.3 is 26.8 Å². The second-order valence-corrected chi connectivity index (χ2v) is 6.21. The summed E-state index contributed by atoms with van der Waals surface area (Å²) in [7, 11) is 0. The summed E-state index contributed by atoms with van der Waals surface area (Å²) in [6, 6.07) is 7.08. The van der Waals surface area contributed by atoms with Crippen molar-refractivity contribution in [3.8, 4) is 0 Å². The van der Waals surface area contributed by atoms with Crippen molar-refractivity contribution in [1.82, 2.24) is 16.0 Å². The highest BCUT2D eigenvalue weighted by atomic mass is 19.1. The molecular weight excluding hydrogens is 369 g/mol. The van der Waals surface area contributed by atoms with E-state index >= 15 is 0 Å². The number of carbonyl (C=O) groups excluding carboxylic acids is 3. The quantitative estimate of drug-likeness (QED) is 0.244. The third-order valence-corrected chi connectivity index (χ3v) is 3.84. The third-order valence-electron chi connectivity index (χ3n) is 3.84. The van der Waals surface area contributed by atoms with Crippen molar-refractivity contribution in [2.75, 3.05) is 13.2 Å². The maximum Gasteiger partial charge on any atom is 0.408 e. The molecule has 0 saturated carbocycles. The van der Waals surface area contributed by atoms with E-state index < -0.39 is 42.8 Å². The number of hydrogen-bond acceptors (Lipinski definition) is 7. The topological polar surface area (TPSA) is 149 Å². The molecule has 0 saturated heterocycles. The summed E-state index contributed by atoms with van der Waals surface area (Å²) in [6.45, 7) is 0.652. The number of hydrogen-bond donors (Lipinski definition) is 5. The minimum atomic E-state index is -1.18. The van der Waals surface area contributed by atoms with E-state index in [0.717, 1.165) is 5.56 Å². The second kappa shape index (κ2) is 12.8. The monoisotopic (exact) mass is 397 g/mol. The van der Waals surface area contributed by atoms with Gasteiger partial charge in [0.25, 0.3) is 0 Å². The van der Waals surface area contributed by atoms with Crippen LogP contribution in [0.5, 0.6) is 0 Å². The summed E-state index contributed by atoms with van der Waals surface area (Å²) >= 11 is 0. The lowest BCUT2D eigenvalue weighted by Crippen LogP contribution is -2.51. The largest absolute Gasteiger partial charge is 0.445 e. The Hall–Kier alpha value is -2.56. The number of ether oxygens (including phenoxy) is 1. The number of halogens is 1. The fraction of sp³-hybridized carbons (Fsp3) is 0.500. The Morgan fingerprint density at radius 1 is 1.14 bits per heavy atom. The molecular formula is C18H28FN5O4. The lowest BCUT2D eigenvalue weighted by Gasteiger charge is -2.20. The van der Waals surface area contributed by atoms with Gasteiger partial charge in [0, 0.05) is 0 Å². The number of benzene rings is 1. The zero-order chi connectivity index (χ0) is 20.9. The van der Waals surface area contributed by atoms with Crippen molar-refractivity contribution in [3.05, 3.63) is 35.9 Å². The van der Waals surface area contributed by atoms with E-state index in [0.29, 0.717) is 13.0 Å². The molecule has 0 spiro atoms. The Morgan fingerprint density at radius 2 is 1.82 bits per heavy atom. The van der Waals surface area contributed by atoms with Gasteiger partial charge >= 0.3 is 6.09 Å². The van der Waals surface area contributed by atoms with Crippen LogP contribution in [0.4, 0.5) is 9.18 Å². The molecule has 1 aromatic carbocycles. The van der Waals surface area contributed by atoms with E-state index in [4.69, 9.17) is 16.2 Å². The molecule has 2 amide bonds. The zero-order valence-electron chi connectivity index (χ0n) is 15.8. The molecule has 1 aromatic rings. The Balaban J connectivity index is 2.60. The van der Waals surface area contributed by atoms with E-state index in [2.05, 4.69) is 16.0 Å². The van der Waals surface area contributed by atoms with Gasteiger partial charge in [0.1, 0.15) is 25.6 Å². The summed E-state index contributed by atoms with van der Waals surface area (Å²) in [5, 5.41) is 7.64. The lowest BCUT2D eigenvalue weighted by molar-refractivity contribution is -0.129. The number of alkyl carbamates (subject to hydrolysis) is 1. The molecule has 1 rings (SSSR count). The highest BCUT2D eigenvalue weighted by Gasteiger charge is 2.24.